The minimum absolute atomic E-state index is 0.213. The number of anilines is 4. The Labute approximate surface area is 450 Å². The van der Waals surface area contributed by atoms with Gasteiger partial charge in [0.25, 0.3) is 0 Å². The molecular formula is C64H70N6O4Ru. The topological polar surface area (TPSA) is 90.3 Å². The van der Waals surface area contributed by atoms with Gasteiger partial charge >= 0.3 is 453 Å². The molecular weight excluding hydrogens is 1020 g/mol. The molecule has 0 N–H and O–H groups in total. The molecule has 10 nitrogen and oxygen atoms in total. The summed E-state index contributed by atoms with van der Waals surface area (Å²) in [6, 6.07) is 26.6. The van der Waals surface area contributed by atoms with Crippen LogP contribution in [0.25, 0.3) is 0 Å². The molecule has 2 fully saturated rings. The van der Waals surface area contributed by atoms with Crippen LogP contribution >= 0.6 is 0 Å². The number of benzene rings is 6. The number of nitrogens with zero attached hydrogens (tertiary/aromatic N) is 6. The number of isocyanates is 2. The summed E-state index contributed by atoms with van der Waals surface area (Å²) >= 11 is -1.06. The van der Waals surface area contributed by atoms with Crippen molar-refractivity contribution in [2.45, 2.75) is 134 Å². The molecule has 0 radical (unpaired) electrons. The fourth-order valence-electron chi connectivity index (χ4n) is 13.9. The molecule has 0 saturated carbocycles. The van der Waals surface area contributed by atoms with E-state index < -0.39 is 27.5 Å². The van der Waals surface area contributed by atoms with Crippen molar-refractivity contribution in [3.05, 3.63) is 162 Å². The first kappa shape index (κ1) is 51.7. The van der Waals surface area contributed by atoms with Crippen molar-refractivity contribution in [1.82, 2.24) is 0 Å². The van der Waals surface area contributed by atoms with Gasteiger partial charge in [-0.15, -0.1) is 0 Å². The van der Waals surface area contributed by atoms with Gasteiger partial charge in [0, 0.05) is 0 Å². The first-order valence-corrected chi connectivity index (χ1v) is 28.1. The van der Waals surface area contributed by atoms with E-state index in [0.29, 0.717) is 37.6 Å². The van der Waals surface area contributed by atoms with Crippen LogP contribution in [0, 0.1) is 83.1 Å². The van der Waals surface area contributed by atoms with Crippen LogP contribution in [-0.4, -0.2) is 58.8 Å². The molecule has 0 atom stereocenters. The number of ether oxygens (including phenoxy) is 2. The van der Waals surface area contributed by atoms with Crippen molar-refractivity contribution < 1.29 is 35.3 Å². The summed E-state index contributed by atoms with van der Waals surface area (Å²) in [5, 5.41) is 0. The Balaban J connectivity index is 1.51. The van der Waals surface area contributed by atoms with Crippen molar-refractivity contribution >= 4 is 54.5 Å². The number of aryl methyl sites for hydroxylation is 12. The monoisotopic (exact) mass is 1090 g/mol. The maximum absolute atomic E-state index is 12.9. The van der Waals surface area contributed by atoms with Gasteiger partial charge in [-0.2, -0.15) is 0 Å². The summed E-state index contributed by atoms with van der Waals surface area (Å²) in [5.74, 6) is 1.46. The van der Waals surface area contributed by atoms with Crippen LogP contribution < -0.4 is 29.1 Å². The molecule has 10 rings (SSSR count). The van der Waals surface area contributed by atoms with Gasteiger partial charge in [-0.3, -0.25) is 0 Å². The van der Waals surface area contributed by atoms with E-state index in [0.717, 1.165) is 101 Å². The van der Waals surface area contributed by atoms with E-state index in [2.05, 4.69) is 201 Å². The number of hydrogen-bond donors (Lipinski definition) is 0. The van der Waals surface area contributed by atoms with Crippen molar-refractivity contribution in [3.8, 4) is 11.5 Å². The average Bonchev–Trinajstić information content (AvgIpc) is 3.95. The fraction of sp³-hybridized carbons (Fsp3) is 0.375. The number of hydrogen-bond acceptors (Lipinski definition) is 10. The normalized spacial score (nSPS) is 15.9. The Hall–Kier alpha value is -6.76. The zero-order valence-electron chi connectivity index (χ0n) is 46.6. The number of fused-ring (bicyclic) bond motifs is 6. The van der Waals surface area contributed by atoms with Crippen molar-refractivity contribution in [1.29, 1.82) is 0 Å². The summed E-state index contributed by atoms with van der Waals surface area (Å²) in [7, 11) is 0. The standard InChI is InChI=1S/2C32H35N3O2.Ru/c2*1-19(2)37-31-26-9-10-27(33-18-36)28(31)32(17-26)34(29-22(5)13-20(3)14-23(29)6)11-12-35(32)30-24(7)15-21(4)16-25(30)8;/h2*9-10,13-16,19H,11-12H2,1-8H3;. The molecule has 11 heteroatoms. The van der Waals surface area contributed by atoms with Crippen LogP contribution in [0.2, 0.25) is 0 Å². The summed E-state index contributed by atoms with van der Waals surface area (Å²) in [6.07, 6.45) is 3.56. The third-order valence-corrected chi connectivity index (χ3v) is 18.5. The van der Waals surface area contributed by atoms with E-state index in [-0.39, 0.29) is 12.2 Å². The molecule has 2 heterocycles. The molecule has 2 saturated heterocycles. The zero-order chi connectivity index (χ0) is 53.7. The summed E-state index contributed by atoms with van der Waals surface area (Å²) < 4.78 is 16.8. The third-order valence-electron chi connectivity index (χ3n) is 15.5. The fourth-order valence-corrected chi connectivity index (χ4v) is 17.4. The van der Waals surface area contributed by atoms with Gasteiger partial charge in [-0.1, -0.05) is 0 Å². The molecule has 0 unspecified atom stereocenters. The zero-order valence-corrected chi connectivity index (χ0v) is 48.3. The number of carbonyl (C=O) groups excluding carboxylic acids is 2. The van der Waals surface area contributed by atoms with Gasteiger partial charge in [0.2, 0.25) is 0 Å². The Kier molecular flexibility index (Phi) is 13.2. The van der Waals surface area contributed by atoms with E-state index >= 15 is 0 Å². The van der Waals surface area contributed by atoms with E-state index in [1.165, 1.54) is 30.5 Å². The molecule has 6 aromatic carbocycles. The second-order valence-electron chi connectivity index (χ2n) is 22.0. The van der Waals surface area contributed by atoms with Gasteiger partial charge in [0.15, 0.2) is 0 Å². The second kappa shape index (κ2) is 19.1. The molecule has 0 amide bonds. The molecule has 6 aromatic rings. The van der Waals surface area contributed by atoms with E-state index in [1.807, 2.05) is 24.3 Å². The average molecular weight is 1090 g/mol. The van der Waals surface area contributed by atoms with Gasteiger partial charge in [0.05, 0.1) is 0 Å². The molecule has 0 aromatic heterocycles. The summed E-state index contributed by atoms with van der Waals surface area (Å²) in [4.78, 5) is 45.6. The molecule has 388 valence electrons. The first-order chi connectivity index (χ1) is 35.7. The molecule has 4 aliphatic rings. The Morgan fingerprint density at radius 3 is 0.920 bits per heavy atom. The minimum atomic E-state index is -1.07. The Morgan fingerprint density at radius 1 is 0.440 bits per heavy atom. The molecule has 2 spiro atoms. The van der Waals surface area contributed by atoms with Crippen LogP contribution in [0.4, 0.5) is 34.1 Å². The van der Waals surface area contributed by atoms with Crippen LogP contribution in [0.15, 0.2) is 82.8 Å². The van der Waals surface area contributed by atoms with Crippen molar-refractivity contribution in [2.75, 3.05) is 45.8 Å². The van der Waals surface area contributed by atoms with Crippen LogP contribution in [0.3, 0.4) is 0 Å². The number of aliphatic imine (C=N–C) groups is 2. The van der Waals surface area contributed by atoms with Crippen LogP contribution in [-0.2, 0) is 37.1 Å². The van der Waals surface area contributed by atoms with E-state index in [9.17, 15) is 9.59 Å². The second-order valence-corrected chi connectivity index (χ2v) is 24.2. The van der Waals surface area contributed by atoms with E-state index in [1.54, 1.807) is 0 Å². The third kappa shape index (κ3) is 7.83. The van der Waals surface area contributed by atoms with Gasteiger partial charge in [-0.25, -0.2) is 0 Å². The summed E-state index contributed by atoms with van der Waals surface area (Å²) in [5.41, 5.74) is 21.2. The Morgan fingerprint density at radius 2 is 0.693 bits per heavy atom. The van der Waals surface area contributed by atoms with Gasteiger partial charge in [0.1, 0.15) is 0 Å². The molecule has 2 aliphatic carbocycles. The van der Waals surface area contributed by atoms with Gasteiger partial charge in [-0.05, 0) is 0 Å². The Bertz CT molecular complexity index is 3140. The quantitative estimate of drug-likeness (QED) is 0.0761. The van der Waals surface area contributed by atoms with Crippen LogP contribution in [0.1, 0.15) is 117 Å². The molecule has 4 bridgehead atoms. The summed E-state index contributed by atoms with van der Waals surface area (Å²) in [6.45, 7) is 37.4. The van der Waals surface area contributed by atoms with Crippen molar-refractivity contribution in [2.24, 2.45) is 9.98 Å². The molecule has 75 heavy (non-hydrogen) atoms. The SMILES string of the molecule is Cc1cc(C)c(N2CCN(c3c(C)cc(C)cc3C)C23[C](=[Ru]=[C]2c4ccc(N=C=O)c(c4OC(C)C)C24N(c2c(C)cc(C)cc2C)CCN4c2c(C)cc(C)cc2C)c2ccc(N=C=O)c3c2OC(C)C)c(C)c1. The van der Waals surface area contributed by atoms with Gasteiger partial charge < -0.3 is 0 Å². The van der Waals surface area contributed by atoms with Crippen molar-refractivity contribution in [3.63, 3.8) is 0 Å². The van der Waals surface area contributed by atoms with Crippen LogP contribution in [0.5, 0.6) is 11.5 Å². The first-order valence-electron chi connectivity index (χ1n) is 26.3. The number of rotatable bonds is 10. The molecule has 2 aliphatic heterocycles. The predicted octanol–water partition coefficient (Wildman–Crippen LogP) is 13.1. The predicted molar refractivity (Wildman–Crippen MR) is 304 cm³/mol. The maximum atomic E-state index is 12.9. The van der Waals surface area contributed by atoms with E-state index in [4.69, 9.17) is 9.47 Å².